The second kappa shape index (κ2) is 3.90. The van der Waals surface area contributed by atoms with Gasteiger partial charge in [-0.05, 0) is 18.2 Å². The van der Waals surface area contributed by atoms with Crippen molar-refractivity contribution in [2.45, 2.75) is 0 Å². The molecule has 78 valence electrons. The van der Waals surface area contributed by atoms with Crippen LogP contribution in [0.2, 0.25) is 0 Å². The Labute approximate surface area is 93.2 Å². The number of nitrogens with one attached hydrogen (secondary N) is 1. The van der Waals surface area contributed by atoms with Crippen LogP contribution in [0.5, 0.6) is 5.88 Å². The number of benzene rings is 1. The minimum absolute atomic E-state index is 0.300. The van der Waals surface area contributed by atoms with Crippen molar-refractivity contribution in [3.8, 4) is 5.88 Å². The highest BCUT2D eigenvalue weighted by Gasteiger charge is 2.08. The second-order valence-electron chi connectivity index (χ2n) is 2.90. The Morgan fingerprint density at radius 2 is 2.40 bits per heavy atom. The number of nitrogens with zero attached hydrogens (tertiary/aromatic N) is 1. The average Bonchev–Trinajstić information content (AvgIpc) is 2.57. The summed E-state index contributed by atoms with van der Waals surface area (Å²) in [5.74, 6) is -0.727. The number of aromatic nitrogens is 2. The quantitative estimate of drug-likeness (QED) is 0.892. The molecular weight excluding hydrogens is 264 g/mol. The normalized spacial score (nSPS) is 10.5. The fourth-order valence-corrected chi connectivity index (χ4v) is 1.56. The third-order valence-corrected chi connectivity index (χ3v) is 2.32. The summed E-state index contributed by atoms with van der Waals surface area (Å²) in [5.41, 5.74) is 0.804. The summed E-state index contributed by atoms with van der Waals surface area (Å²) < 4.78 is 5.90. The number of carboxylic acids is 1. The summed E-state index contributed by atoms with van der Waals surface area (Å²) >= 11 is 3.32. The van der Waals surface area contributed by atoms with Gasteiger partial charge in [0.2, 0.25) is 5.88 Å². The van der Waals surface area contributed by atoms with Gasteiger partial charge in [-0.3, -0.25) is 5.10 Å². The van der Waals surface area contributed by atoms with Crippen LogP contribution in [0.15, 0.2) is 22.7 Å². The molecule has 0 aliphatic rings. The maximum atomic E-state index is 10.3. The van der Waals surface area contributed by atoms with Crippen molar-refractivity contribution in [3.63, 3.8) is 0 Å². The number of carboxylic acid groups (broad SMARTS) is 1. The van der Waals surface area contributed by atoms with Crippen molar-refractivity contribution < 1.29 is 14.6 Å². The van der Waals surface area contributed by atoms with Crippen molar-refractivity contribution >= 4 is 32.8 Å². The number of rotatable bonds is 3. The van der Waals surface area contributed by atoms with Gasteiger partial charge in [0.15, 0.2) is 6.61 Å². The summed E-state index contributed by atoms with van der Waals surface area (Å²) in [5, 5.41) is 15.8. The summed E-state index contributed by atoms with van der Waals surface area (Å²) in [6, 6.07) is 5.51. The molecule has 2 N–H and O–H groups in total. The molecule has 0 bridgehead atoms. The third kappa shape index (κ3) is 2.10. The van der Waals surface area contributed by atoms with E-state index in [4.69, 9.17) is 9.84 Å². The summed E-state index contributed by atoms with van der Waals surface area (Å²) in [7, 11) is 0. The number of hydrogen-bond acceptors (Lipinski definition) is 3. The Morgan fingerprint density at radius 1 is 1.60 bits per heavy atom. The van der Waals surface area contributed by atoms with E-state index in [9.17, 15) is 4.79 Å². The van der Waals surface area contributed by atoms with Crippen LogP contribution in [-0.2, 0) is 4.79 Å². The van der Waals surface area contributed by atoms with Gasteiger partial charge in [-0.15, -0.1) is 5.10 Å². The monoisotopic (exact) mass is 270 g/mol. The number of halogens is 1. The molecule has 0 unspecified atom stereocenters. The Hall–Kier alpha value is -1.56. The maximum Gasteiger partial charge on any atom is 0.341 e. The Kier molecular flexibility index (Phi) is 2.59. The fourth-order valence-electron chi connectivity index (χ4n) is 1.20. The first-order chi connectivity index (χ1) is 7.16. The molecule has 0 aliphatic carbocycles. The molecule has 0 atom stereocenters. The number of carbonyl (C=O) groups is 1. The topological polar surface area (TPSA) is 75.2 Å². The van der Waals surface area contributed by atoms with Crippen molar-refractivity contribution in [2.75, 3.05) is 6.61 Å². The summed E-state index contributed by atoms with van der Waals surface area (Å²) in [4.78, 5) is 10.3. The number of aliphatic carboxylic acids is 1. The Bertz CT molecular complexity index is 509. The number of fused-ring (bicyclic) bond motifs is 1. The largest absolute Gasteiger partial charge is 0.479 e. The Balaban J connectivity index is 2.35. The average molecular weight is 271 g/mol. The van der Waals surface area contributed by atoms with Gasteiger partial charge in [0.25, 0.3) is 0 Å². The van der Waals surface area contributed by atoms with E-state index in [1.54, 1.807) is 0 Å². The molecule has 2 rings (SSSR count). The predicted octanol–water partition coefficient (Wildman–Crippen LogP) is 1.79. The Morgan fingerprint density at radius 3 is 3.13 bits per heavy atom. The zero-order valence-electron chi connectivity index (χ0n) is 7.53. The van der Waals surface area contributed by atoms with Crippen molar-refractivity contribution in [1.82, 2.24) is 10.2 Å². The standard InChI is InChI=1S/C9H7BrN2O3/c10-5-1-2-7-6(3-5)9(12-11-7)15-4-8(13)14/h1-3H,4H2,(H,11,12)(H,13,14). The maximum absolute atomic E-state index is 10.3. The first-order valence-corrected chi connectivity index (χ1v) is 4.94. The van der Waals surface area contributed by atoms with E-state index in [-0.39, 0.29) is 0 Å². The molecule has 0 amide bonds. The van der Waals surface area contributed by atoms with Crippen molar-refractivity contribution in [3.05, 3.63) is 22.7 Å². The molecule has 0 saturated heterocycles. The van der Waals surface area contributed by atoms with E-state index < -0.39 is 12.6 Å². The molecular formula is C9H7BrN2O3. The van der Waals surface area contributed by atoms with Gasteiger partial charge < -0.3 is 9.84 Å². The first kappa shape index (κ1) is 9.97. The lowest BCUT2D eigenvalue weighted by Crippen LogP contribution is -2.09. The minimum atomic E-state index is -1.03. The van der Waals surface area contributed by atoms with E-state index in [0.29, 0.717) is 5.88 Å². The van der Waals surface area contributed by atoms with E-state index in [1.165, 1.54) is 0 Å². The van der Waals surface area contributed by atoms with E-state index in [1.807, 2.05) is 18.2 Å². The molecule has 1 heterocycles. The lowest BCUT2D eigenvalue weighted by molar-refractivity contribution is -0.139. The lowest BCUT2D eigenvalue weighted by atomic mass is 10.2. The van der Waals surface area contributed by atoms with Crippen LogP contribution in [0.3, 0.4) is 0 Å². The molecule has 0 fully saturated rings. The molecule has 0 spiro atoms. The highest BCUT2D eigenvalue weighted by atomic mass is 79.9. The fraction of sp³-hybridized carbons (Fsp3) is 0.111. The first-order valence-electron chi connectivity index (χ1n) is 4.15. The molecule has 2 aromatic rings. The van der Waals surface area contributed by atoms with Crippen LogP contribution in [0, 0.1) is 0 Å². The molecule has 1 aromatic carbocycles. The van der Waals surface area contributed by atoms with Gasteiger partial charge in [0, 0.05) is 4.47 Å². The van der Waals surface area contributed by atoms with Gasteiger partial charge in [0.1, 0.15) is 0 Å². The highest BCUT2D eigenvalue weighted by Crippen LogP contribution is 2.25. The molecule has 0 aliphatic heterocycles. The van der Waals surface area contributed by atoms with E-state index in [0.717, 1.165) is 15.4 Å². The van der Waals surface area contributed by atoms with Gasteiger partial charge >= 0.3 is 5.97 Å². The minimum Gasteiger partial charge on any atom is -0.479 e. The predicted molar refractivity (Wildman–Crippen MR) is 56.9 cm³/mol. The van der Waals surface area contributed by atoms with E-state index >= 15 is 0 Å². The van der Waals surface area contributed by atoms with Crippen LogP contribution in [0.4, 0.5) is 0 Å². The number of hydrogen-bond donors (Lipinski definition) is 2. The SMILES string of the molecule is O=C(O)COc1n[nH]c2ccc(Br)cc12. The summed E-state index contributed by atoms with van der Waals surface area (Å²) in [6.45, 7) is -0.396. The van der Waals surface area contributed by atoms with Gasteiger partial charge in [0.05, 0.1) is 10.9 Å². The van der Waals surface area contributed by atoms with Gasteiger partial charge in [-0.1, -0.05) is 15.9 Å². The molecule has 5 nitrogen and oxygen atoms in total. The number of H-pyrrole nitrogens is 1. The van der Waals surface area contributed by atoms with Crippen LogP contribution in [0.1, 0.15) is 0 Å². The lowest BCUT2D eigenvalue weighted by Gasteiger charge is -1.98. The van der Waals surface area contributed by atoms with Crippen LogP contribution >= 0.6 is 15.9 Å². The second-order valence-corrected chi connectivity index (χ2v) is 3.82. The molecule has 6 heteroatoms. The zero-order chi connectivity index (χ0) is 10.8. The molecule has 0 saturated carbocycles. The van der Waals surface area contributed by atoms with Crippen LogP contribution in [0.25, 0.3) is 10.9 Å². The van der Waals surface area contributed by atoms with Gasteiger partial charge in [-0.25, -0.2) is 4.79 Å². The van der Waals surface area contributed by atoms with Crippen LogP contribution < -0.4 is 4.74 Å². The number of ether oxygens (including phenoxy) is 1. The third-order valence-electron chi connectivity index (χ3n) is 1.82. The smallest absolute Gasteiger partial charge is 0.341 e. The van der Waals surface area contributed by atoms with Crippen molar-refractivity contribution in [1.29, 1.82) is 0 Å². The molecule has 1 aromatic heterocycles. The highest BCUT2D eigenvalue weighted by molar-refractivity contribution is 9.10. The summed E-state index contributed by atoms with van der Waals surface area (Å²) in [6.07, 6.45) is 0. The molecule has 15 heavy (non-hydrogen) atoms. The molecule has 0 radical (unpaired) electrons. The number of aromatic amines is 1. The van der Waals surface area contributed by atoms with Crippen molar-refractivity contribution in [2.24, 2.45) is 0 Å². The zero-order valence-corrected chi connectivity index (χ0v) is 9.11. The van der Waals surface area contributed by atoms with E-state index in [2.05, 4.69) is 26.1 Å². The van der Waals surface area contributed by atoms with Gasteiger partial charge in [-0.2, -0.15) is 0 Å². The van der Waals surface area contributed by atoms with Crippen LogP contribution in [-0.4, -0.2) is 27.9 Å².